The van der Waals surface area contributed by atoms with Gasteiger partial charge >= 0.3 is 5.69 Å². The molecule has 3 aromatic rings. The summed E-state index contributed by atoms with van der Waals surface area (Å²) < 4.78 is 7.96. The maximum Gasteiger partial charge on any atom is 0.330 e. The highest BCUT2D eigenvalue weighted by molar-refractivity contribution is 5.91. The van der Waals surface area contributed by atoms with Gasteiger partial charge in [-0.05, 0) is 23.3 Å². The molecule has 8 nitrogen and oxygen atoms in total. The molecule has 0 radical (unpaired) electrons. The van der Waals surface area contributed by atoms with Crippen LogP contribution in [0.1, 0.15) is 16.7 Å². The van der Waals surface area contributed by atoms with Gasteiger partial charge in [-0.2, -0.15) is 0 Å². The highest BCUT2D eigenvalue weighted by atomic mass is 16.5. The fourth-order valence-corrected chi connectivity index (χ4v) is 2.73. The van der Waals surface area contributed by atoms with Crippen molar-refractivity contribution < 1.29 is 9.53 Å². The first-order chi connectivity index (χ1) is 14.4. The smallest absolute Gasteiger partial charge is 0.330 e. The summed E-state index contributed by atoms with van der Waals surface area (Å²) in [6, 6.07) is 13.3. The standard InChI is InChI=1S/C22H22N4O4/c1-25-14-18(21(28)26(2)22(25)29)8-9-19(27)24-13-17-10-11-23-20(12-17)30-15-16-6-4-3-5-7-16/h3-12,14H,13,15H2,1-2H3,(H,24,27). The van der Waals surface area contributed by atoms with Gasteiger partial charge in [-0.15, -0.1) is 0 Å². The zero-order valence-electron chi connectivity index (χ0n) is 16.7. The molecule has 3 rings (SSSR count). The molecule has 0 fully saturated rings. The van der Waals surface area contributed by atoms with Crippen LogP contribution in [0.15, 0.2) is 70.5 Å². The molecule has 0 saturated carbocycles. The lowest BCUT2D eigenvalue weighted by Crippen LogP contribution is -2.37. The molecule has 1 amide bonds. The van der Waals surface area contributed by atoms with E-state index in [1.807, 2.05) is 30.3 Å². The van der Waals surface area contributed by atoms with Gasteiger partial charge in [0.1, 0.15) is 6.61 Å². The van der Waals surface area contributed by atoms with Gasteiger partial charge in [0.05, 0.1) is 5.56 Å². The molecule has 0 bridgehead atoms. The van der Waals surface area contributed by atoms with Gasteiger partial charge in [-0.25, -0.2) is 9.78 Å². The Morgan fingerprint density at radius 2 is 1.90 bits per heavy atom. The Morgan fingerprint density at radius 1 is 1.13 bits per heavy atom. The molecule has 2 heterocycles. The molecule has 1 N–H and O–H groups in total. The molecule has 0 unspecified atom stereocenters. The molecule has 2 aromatic heterocycles. The molecular formula is C22H22N4O4. The van der Waals surface area contributed by atoms with E-state index in [4.69, 9.17) is 4.74 Å². The van der Waals surface area contributed by atoms with Crippen molar-refractivity contribution >= 4 is 12.0 Å². The summed E-state index contributed by atoms with van der Waals surface area (Å²) in [5, 5.41) is 2.74. The Hall–Kier alpha value is -3.94. The quantitative estimate of drug-likeness (QED) is 0.599. The SMILES string of the molecule is Cn1cc(C=CC(=O)NCc2ccnc(OCc3ccccc3)c2)c(=O)n(C)c1=O. The Balaban J connectivity index is 1.58. The number of aromatic nitrogens is 3. The van der Waals surface area contributed by atoms with Gasteiger partial charge in [-0.1, -0.05) is 30.3 Å². The zero-order valence-corrected chi connectivity index (χ0v) is 16.7. The number of rotatable bonds is 7. The number of pyridine rings is 1. The molecule has 30 heavy (non-hydrogen) atoms. The third-order valence-electron chi connectivity index (χ3n) is 4.38. The predicted molar refractivity (Wildman–Crippen MR) is 113 cm³/mol. The van der Waals surface area contributed by atoms with Crippen LogP contribution in [0.25, 0.3) is 6.08 Å². The second-order valence-corrected chi connectivity index (χ2v) is 6.67. The van der Waals surface area contributed by atoms with Crippen molar-refractivity contribution in [3.63, 3.8) is 0 Å². The van der Waals surface area contributed by atoms with Crippen LogP contribution in [0.5, 0.6) is 5.88 Å². The number of carbonyl (C=O) groups is 1. The highest BCUT2D eigenvalue weighted by Crippen LogP contribution is 2.11. The minimum Gasteiger partial charge on any atom is -0.473 e. The molecule has 0 aliphatic carbocycles. The molecule has 0 aliphatic rings. The van der Waals surface area contributed by atoms with Gasteiger partial charge in [0, 0.05) is 45.2 Å². The van der Waals surface area contributed by atoms with E-state index in [0.717, 1.165) is 15.7 Å². The third-order valence-corrected chi connectivity index (χ3v) is 4.38. The topological polar surface area (TPSA) is 95.2 Å². The number of carbonyl (C=O) groups excluding carboxylic acids is 1. The minimum absolute atomic E-state index is 0.246. The Bertz CT molecular complexity index is 1180. The number of hydrogen-bond acceptors (Lipinski definition) is 5. The number of nitrogens with zero attached hydrogens (tertiary/aromatic N) is 3. The summed E-state index contributed by atoms with van der Waals surface area (Å²) in [5.74, 6) is 0.101. The van der Waals surface area contributed by atoms with Gasteiger partial charge in [-0.3, -0.25) is 14.2 Å². The minimum atomic E-state index is -0.462. The third kappa shape index (κ3) is 5.32. The summed E-state index contributed by atoms with van der Waals surface area (Å²) in [6.07, 6.45) is 5.66. The lowest BCUT2D eigenvalue weighted by molar-refractivity contribution is -0.116. The number of ether oxygens (including phenoxy) is 1. The van der Waals surface area contributed by atoms with Crippen LogP contribution in [0, 0.1) is 0 Å². The van der Waals surface area contributed by atoms with E-state index >= 15 is 0 Å². The zero-order chi connectivity index (χ0) is 21.5. The van der Waals surface area contributed by atoms with Crippen molar-refractivity contribution in [1.82, 2.24) is 19.4 Å². The second-order valence-electron chi connectivity index (χ2n) is 6.67. The average Bonchev–Trinajstić information content (AvgIpc) is 2.77. The van der Waals surface area contributed by atoms with Crippen LogP contribution < -0.4 is 21.3 Å². The summed E-state index contributed by atoms with van der Waals surface area (Å²) in [5.41, 5.74) is 1.22. The van der Waals surface area contributed by atoms with E-state index in [1.165, 1.54) is 30.0 Å². The maximum absolute atomic E-state index is 12.1. The van der Waals surface area contributed by atoms with Crippen molar-refractivity contribution in [2.24, 2.45) is 14.1 Å². The fraction of sp³-hybridized carbons (Fsp3) is 0.182. The predicted octanol–water partition coefficient (Wildman–Crippen LogP) is 1.39. The van der Waals surface area contributed by atoms with Gasteiger partial charge in [0.15, 0.2) is 0 Å². The Morgan fingerprint density at radius 3 is 2.67 bits per heavy atom. The number of aryl methyl sites for hydroxylation is 1. The molecular weight excluding hydrogens is 384 g/mol. The van der Waals surface area contributed by atoms with Crippen LogP contribution >= 0.6 is 0 Å². The van der Waals surface area contributed by atoms with Crippen molar-refractivity contribution in [1.29, 1.82) is 0 Å². The van der Waals surface area contributed by atoms with Gasteiger partial charge in [0.25, 0.3) is 5.56 Å². The first-order valence-corrected chi connectivity index (χ1v) is 9.28. The Labute approximate surface area is 173 Å². The van der Waals surface area contributed by atoms with E-state index in [0.29, 0.717) is 12.5 Å². The van der Waals surface area contributed by atoms with Crippen LogP contribution in [-0.2, 0) is 32.0 Å². The van der Waals surface area contributed by atoms with Gasteiger partial charge < -0.3 is 14.6 Å². The Kier molecular flexibility index (Phi) is 6.59. The summed E-state index contributed by atoms with van der Waals surface area (Å²) in [7, 11) is 2.93. The number of benzene rings is 1. The monoisotopic (exact) mass is 406 g/mol. The van der Waals surface area contributed by atoms with Gasteiger partial charge in [0.2, 0.25) is 11.8 Å². The fourth-order valence-electron chi connectivity index (χ4n) is 2.73. The van der Waals surface area contributed by atoms with Crippen molar-refractivity contribution in [2.75, 3.05) is 0 Å². The van der Waals surface area contributed by atoms with E-state index in [2.05, 4.69) is 10.3 Å². The molecule has 0 aliphatic heterocycles. The molecule has 0 atom stereocenters. The van der Waals surface area contributed by atoms with E-state index in [9.17, 15) is 14.4 Å². The molecule has 0 spiro atoms. The normalized spacial score (nSPS) is 10.9. The number of nitrogens with one attached hydrogen (secondary N) is 1. The van der Waals surface area contributed by atoms with Crippen molar-refractivity contribution in [2.45, 2.75) is 13.2 Å². The van der Waals surface area contributed by atoms with Crippen LogP contribution in [0.3, 0.4) is 0 Å². The highest BCUT2D eigenvalue weighted by Gasteiger charge is 2.05. The number of hydrogen-bond donors (Lipinski definition) is 1. The van der Waals surface area contributed by atoms with Crippen LogP contribution in [0.2, 0.25) is 0 Å². The maximum atomic E-state index is 12.1. The second kappa shape index (κ2) is 9.51. The summed E-state index contributed by atoms with van der Waals surface area (Å²) >= 11 is 0. The first kappa shape index (κ1) is 20.8. The largest absolute Gasteiger partial charge is 0.473 e. The van der Waals surface area contributed by atoms with Crippen molar-refractivity contribution in [3.05, 3.63) is 98.5 Å². The molecule has 1 aromatic carbocycles. The van der Waals surface area contributed by atoms with E-state index in [1.54, 1.807) is 25.4 Å². The lowest BCUT2D eigenvalue weighted by Gasteiger charge is -2.07. The van der Waals surface area contributed by atoms with E-state index in [-0.39, 0.29) is 18.0 Å². The lowest BCUT2D eigenvalue weighted by atomic mass is 10.2. The van der Waals surface area contributed by atoms with Crippen molar-refractivity contribution in [3.8, 4) is 5.88 Å². The van der Waals surface area contributed by atoms with E-state index < -0.39 is 11.2 Å². The average molecular weight is 406 g/mol. The van der Waals surface area contributed by atoms with Crippen LogP contribution in [-0.4, -0.2) is 20.0 Å². The molecule has 8 heteroatoms. The summed E-state index contributed by atoms with van der Waals surface area (Å²) in [4.78, 5) is 40.1. The summed E-state index contributed by atoms with van der Waals surface area (Å²) in [6.45, 7) is 0.680. The molecule has 0 saturated heterocycles. The number of amides is 1. The molecule has 154 valence electrons. The van der Waals surface area contributed by atoms with Crippen LogP contribution in [0.4, 0.5) is 0 Å². The first-order valence-electron chi connectivity index (χ1n) is 9.28.